The zero-order chi connectivity index (χ0) is 14.3. The molecule has 1 fully saturated rings. The first-order valence-corrected chi connectivity index (χ1v) is 6.85. The summed E-state index contributed by atoms with van der Waals surface area (Å²) in [6, 6.07) is 0. The van der Waals surface area contributed by atoms with Crippen LogP contribution in [0.15, 0.2) is 0 Å². The van der Waals surface area contributed by atoms with Crippen molar-refractivity contribution in [3.8, 4) is 0 Å². The number of ether oxygens (including phenoxy) is 1. The van der Waals surface area contributed by atoms with Crippen LogP contribution in [0, 0.1) is 0 Å². The highest BCUT2D eigenvalue weighted by Crippen LogP contribution is 2.07. The SMILES string of the molecule is CN(C)CC(C)(O)CNC(=O)COC1CCNCC1. The number of carbonyl (C=O) groups excluding carboxylic acids is 1. The minimum Gasteiger partial charge on any atom is -0.387 e. The molecule has 6 nitrogen and oxygen atoms in total. The van der Waals surface area contributed by atoms with Gasteiger partial charge in [0, 0.05) is 13.1 Å². The fraction of sp³-hybridized carbons (Fsp3) is 0.923. The van der Waals surface area contributed by atoms with E-state index in [1.807, 2.05) is 19.0 Å². The van der Waals surface area contributed by atoms with E-state index < -0.39 is 5.60 Å². The number of hydrogen-bond donors (Lipinski definition) is 3. The van der Waals surface area contributed by atoms with Crippen molar-refractivity contribution >= 4 is 5.91 Å². The lowest BCUT2D eigenvalue weighted by molar-refractivity contribution is -0.129. The molecule has 0 radical (unpaired) electrons. The summed E-state index contributed by atoms with van der Waals surface area (Å²) in [5.41, 5.74) is -0.923. The Morgan fingerprint density at radius 2 is 2.11 bits per heavy atom. The Balaban J connectivity index is 2.16. The standard InChI is InChI=1S/C13H27N3O3/c1-13(18,10-16(2)3)9-15-12(17)8-19-11-4-6-14-7-5-11/h11,14,18H,4-10H2,1-3H3,(H,15,17). The van der Waals surface area contributed by atoms with Crippen LogP contribution in [-0.2, 0) is 9.53 Å². The Kier molecular flexibility index (Phi) is 6.71. The number of nitrogens with zero attached hydrogens (tertiary/aromatic N) is 1. The summed E-state index contributed by atoms with van der Waals surface area (Å²) in [5, 5.41) is 16.0. The zero-order valence-corrected chi connectivity index (χ0v) is 12.2. The van der Waals surface area contributed by atoms with Crippen LogP contribution in [0.25, 0.3) is 0 Å². The van der Waals surface area contributed by atoms with Crippen LogP contribution in [0.2, 0.25) is 0 Å². The first-order chi connectivity index (χ1) is 8.89. The van der Waals surface area contributed by atoms with Crippen LogP contribution in [0.5, 0.6) is 0 Å². The van der Waals surface area contributed by atoms with Crippen LogP contribution in [0.1, 0.15) is 19.8 Å². The molecular weight excluding hydrogens is 246 g/mol. The summed E-state index contributed by atoms with van der Waals surface area (Å²) in [4.78, 5) is 13.5. The lowest BCUT2D eigenvalue weighted by atomic mass is 10.1. The van der Waals surface area contributed by atoms with E-state index >= 15 is 0 Å². The molecule has 19 heavy (non-hydrogen) atoms. The van der Waals surface area contributed by atoms with Crippen LogP contribution in [-0.4, -0.2) is 74.5 Å². The summed E-state index contributed by atoms with van der Waals surface area (Å²) >= 11 is 0. The summed E-state index contributed by atoms with van der Waals surface area (Å²) in [6.07, 6.45) is 2.08. The third kappa shape index (κ3) is 7.47. The van der Waals surface area contributed by atoms with E-state index in [1.165, 1.54) is 0 Å². The van der Waals surface area contributed by atoms with Crippen molar-refractivity contribution in [2.45, 2.75) is 31.5 Å². The molecular formula is C13H27N3O3. The maximum atomic E-state index is 11.6. The van der Waals surface area contributed by atoms with Crippen molar-refractivity contribution in [1.82, 2.24) is 15.5 Å². The summed E-state index contributed by atoms with van der Waals surface area (Å²) in [7, 11) is 3.77. The molecule has 0 aliphatic carbocycles. The predicted octanol–water partition coefficient (Wildman–Crippen LogP) is -0.816. The van der Waals surface area contributed by atoms with Gasteiger partial charge in [-0.25, -0.2) is 0 Å². The van der Waals surface area contributed by atoms with Gasteiger partial charge in [0.25, 0.3) is 0 Å². The second-order valence-electron chi connectivity index (χ2n) is 5.77. The lowest BCUT2D eigenvalue weighted by Crippen LogP contribution is -2.48. The number of rotatable bonds is 7. The van der Waals surface area contributed by atoms with Gasteiger partial charge >= 0.3 is 0 Å². The van der Waals surface area contributed by atoms with Crippen molar-refractivity contribution in [1.29, 1.82) is 0 Å². The molecule has 3 N–H and O–H groups in total. The Bertz CT molecular complexity index is 276. The maximum Gasteiger partial charge on any atom is 0.246 e. The Morgan fingerprint density at radius 1 is 1.47 bits per heavy atom. The molecule has 1 rings (SSSR count). The van der Waals surface area contributed by atoms with Gasteiger partial charge in [-0.15, -0.1) is 0 Å². The minimum absolute atomic E-state index is 0.0721. The van der Waals surface area contributed by atoms with E-state index in [2.05, 4.69) is 10.6 Å². The van der Waals surface area contributed by atoms with Crippen molar-refractivity contribution in [2.75, 3.05) is 46.9 Å². The molecule has 1 unspecified atom stereocenters. The van der Waals surface area contributed by atoms with Crippen LogP contribution in [0.4, 0.5) is 0 Å². The second kappa shape index (κ2) is 7.79. The molecule has 1 aliphatic rings. The van der Waals surface area contributed by atoms with Gasteiger partial charge < -0.3 is 25.4 Å². The van der Waals surface area contributed by atoms with Crippen LogP contribution in [0.3, 0.4) is 0 Å². The van der Waals surface area contributed by atoms with E-state index in [1.54, 1.807) is 6.92 Å². The van der Waals surface area contributed by atoms with Gasteiger partial charge in [-0.3, -0.25) is 4.79 Å². The molecule has 1 aliphatic heterocycles. The van der Waals surface area contributed by atoms with Gasteiger partial charge in [0.1, 0.15) is 6.61 Å². The molecule has 0 aromatic rings. The molecule has 1 amide bonds. The second-order valence-corrected chi connectivity index (χ2v) is 5.77. The number of amides is 1. The molecule has 0 bridgehead atoms. The Labute approximate surface area is 115 Å². The fourth-order valence-corrected chi connectivity index (χ4v) is 2.23. The van der Waals surface area contributed by atoms with Crippen molar-refractivity contribution < 1.29 is 14.6 Å². The first-order valence-electron chi connectivity index (χ1n) is 6.85. The molecule has 0 saturated carbocycles. The van der Waals surface area contributed by atoms with E-state index in [4.69, 9.17) is 4.74 Å². The van der Waals surface area contributed by atoms with Gasteiger partial charge in [-0.05, 0) is 47.0 Å². The van der Waals surface area contributed by atoms with Crippen LogP contribution < -0.4 is 10.6 Å². The Hall–Kier alpha value is -0.690. The van der Waals surface area contributed by atoms with Crippen LogP contribution >= 0.6 is 0 Å². The molecule has 0 aromatic carbocycles. The molecule has 1 saturated heterocycles. The average molecular weight is 273 g/mol. The van der Waals surface area contributed by atoms with Gasteiger partial charge in [0.15, 0.2) is 0 Å². The fourth-order valence-electron chi connectivity index (χ4n) is 2.23. The average Bonchev–Trinajstić information content (AvgIpc) is 2.34. The topological polar surface area (TPSA) is 73.8 Å². The normalized spacial score (nSPS) is 20.3. The quantitative estimate of drug-likeness (QED) is 0.565. The zero-order valence-electron chi connectivity index (χ0n) is 12.2. The highest BCUT2D eigenvalue weighted by Gasteiger charge is 2.22. The highest BCUT2D eigenvalue weighted by molar-refractivity contribution is 5.77. The highest BCUT2D eigenvalue weighted by atomic mass is 16.5. The molecule has 0 spiro atoms. The summed E-state index contributed by atoms with van der Waals surface area (Å²) in [5.74, 6) is -0.169. The Morgan fingerprint density at radius 3 is 2.68 bits per heavy atom. The number of piperidine rings is 1. The molecule has 0 aromatic heterocycles. The molecule has 6 heteroatoms. The number of likely N-dealkylation sites (N-methyl/N-ethyl adjacent to an activating group) is 1. The largest absolute Gasteiger partial charge is 0.387 e. The number of carbonyl (C=O) groups is 1. The number of aliphatic hydroxyl groups is 1. The van der Waals surface area contributed by atoms with Crippen molar-refractivity contribution in [2.24, 2.45) is 0 Å². The monoisotopic (exact) mass is 273 g/mol. The summed E-state index contributed by atoms with van der Waals surface area (Å²) in [6.45, 7) is 4.42. The summed E-state index contributed by atoms with van der Waals surface area (Å²) < 4.78 is 5.55. The minimum atomic E-state index is -0.923. The van der Waals surface area contributed by atoms with E-state index in [0.29, 0.717) is 6.54 Å². The van der Waals surface area contributed by atoms with Gasteiger partial charge in [0.2, 0.25) is 5.91 Å². The van der Waals surface area contributed by atoms with Crippen molar-refractivity contribution in [3.63, 3.8) is 0 Å². The third-order valence-corrected chi connectivity index (χ3v) is 3.06. The predicted molar refractivity (Wildman–Crippen MR) is 74.0 cm³/mol. The van der Waals surface area contributed by atoms with Gasteiger partial charge in [-0.2, -0.15) is 0 Å². The van der Waals surface area contributed by atoms with Gasteiger partial charge in [-0.1, -0.05) is 0 Å². The number of hydrogen-bond acceptors (Lipinski definition) is 5. The molecule has 1 atom stereocenters. The first kappa shape index (κ1) is 16.4. The van der Waals surface area contributed by atoms with E-state index in [-0.39, 0.29) is 25.2 Å². The third-order valence-electron chi connectivity index (χ3n) is 3.06. The van der Waals surface area contributed by atoms with Gasteiger partial charge in [0.05, 0.1) is 11.7 Å². The number of nitrogens with one attached hydrogen (secondary N) is 2. The smallest absolute Gasteiger partial charge is 0.246 e. The van der Waals surface area contributed by atoms with Crippen molar-refractivity contribution in [3.05, 3.63) is 0 Å². The van der Waals surface area contributed by atoms with E-state index in [9.17, 15) is 9.90 Å². The molecule has 112 valence electrons. The van der Waals surface area contributed by atoms with E-state index in [0.717, 1.165) is 25.9 Å². The molecule has 1 heterocycles. The lowest BCUT2D eigenvalue weighted by Gasteiger charge is -2.27. The maximum absolute atomic E-state index is 11.6.